The molecule has 150 valence electrons. The molecule has 1 aliphatic rings. The van der Waals surface area contributed by atoms with Crippen LogP contribution in [0.1, 0.15) is 18.4 Å². The summed E-state index contributed by atoms with van der Waals surface area (Å²) in [6.07, 6.45) is 3.63. The Morgan fingerprint density at radius 2 is 2.11 bits per heavy atom. The predicted molar refractivity (Wildman–Crippen MR) is 120 cm³/mol. The maximum absolute atomic E-state index is 11.0. The van der Waals surface area contributed by atoms with E-state index < -0.39 is 0 Å². The number of halogens is 1. The van der Waals surface area contributed by atoms with Gasteiger partial charge in [-0.15, -0.1) is 24.0 Å². The highest BCUT2D eigenvalue weighted by Crippen LogP contribution is 2.17. The van der Waals surface area contributed by atoms with Crippen LogP contribution in [0.2, 0.25) is 0 Å². The van der Waals surface area contributed by atoms with Crippen LogP contribution in [0, 0.1) is 0 Å². The van der Waals surface area contributed by atoms with Crippen molar-refractivity contribution in [3.05, 3.63) is 42.5 Å². The van der Waals surface area contributed by atoms with Crippen LogP contribution >= 0.6 is 24.0 Å². The summed E-state index contributed by atoms with van der Waals surface area (Å²) < 4.78 is 5.68. The number of carbonyl (C=O) groups excluding carboxylic acids is 1. The quantitative estimate of drug-likeness (QED) is 0.224. The number of aliphatic imine (C=N–C) groups is 1. The molecule has 1 aromatic carbocycles. The Kier molecular flexibility index (Phi) is 10.8. The minimum absolute atomic E-state index is 0. The van der Waals surface area contributed by atoms with Crippen molar-refractivity contribution >= 4 is 35.8 Å². The van der Waals surface area contributed by atoms with Crippen LogP contribution in [0.3, 0.4) is 0 Å². The van der Waals surface area contributed by atoms with Crippen molar-refractivity contribution in [2.24, 2.45) is 10.7 Å². The summed E-state index contributed by atoms with van der Waals surface area (Å²) in [5, 5.41) is 6.79. The molecule has 4 N–H and O–H groups in total. The summed E-state index contributed by atoms with van der Waals surface area (Å²) >= 11 is 0. The first-order chi connectivity index (χ1) is 12.6. The number of rotatable bonds is 8. The second-order valence-electron chi connectivity index (χ2n) is 6.29. The number of primary amides is 1. The van der Waals surface area contributed by atoms with Crippen LogP contribution in [-0.2, 0) is 11.3 Å². The SMILES string of the molecule is C=CCOc1ccccc1CNC(=NC)NC1CCN(CC(N)=O)CC1.I. The number of nitrogens with one attached hydrogen (secondary N) is 2. The number of hydrogen-bond acceptors (Lipinski definition) is 4. The van der Waals surface area contributed by atoms with Gasteiger partial charge in [-0.1, -0.05) is 30.9 Å². The average molecular weight is 487 g/mol. The van der Waals surface area contributed by atoms with Gasteiger partial charge in [0.25, 0.3) is 0 Å². The van der Waals surface area contributed by atoms with Gasteiger partial charge < -0.3 is 21.1 Å². The van der Waals surface area contributed by atoms with Crippen LogP contribution in [-0.4, -0.2) is 56.1 Å². The molecular formula is C19H30IN5O2. The van der Waals surface area contributed by atoms with E-state index in [1.165, 1.54) is 0 Å². The summed E-state index contributed by atoms with van der Waals surface area (Å²) in [6, 6.07) is 8.25. The number of piperidine rings is 1. The normalized spacial score (nSPS) is 15.5. The van der Waals surface area contributed by atoms with Crippen LogP contribution in [0.15, 0.2) is 41.9 Å². The van der Waals surface area contributed by atoms with Gasteiger partial charge in [0.15, 0.2) is 5.96 Å². The Labute approximate surface area is 178 Å². The zero-order chi connectivity index (χ0) is 18.8. The summed E-state index contributed by atoms with van der Waals surface area (Å²) in [6.45, 7) is 6.83. The Morgan fingerprint density at radius 3 is 2.74 bits per heavy atom. The molecule has 0 atom stereocenters. The zero-order valence-corrected chi connectivity index (χ0v) is 18.1. The fraction of sp³-hybridized carbons (Fsp3) is 0.474. The molecule has 1 aliphatic heterocycles. The molecule has 8 heteroatoms. The topological polar surface area (TPSA) is 92.0 Å². The van der Waals surface area contributed by atoms with E-state index in [2.05, 4.69) is 27.1 Å². The number of guanidine groups is 1. The largest absolute Gasteiger partial charge is 0.489 e. The Balaban J connectivity index is 0.00000364. The van der Waals surface area contributed by atoms with Gasteiger partial charge in [0.05, 0.1) is 6.54 Å². The van der Waals surface area contributed by atoms with Crippen molar-refractivity contribution < 1.29 is 9.53 Å². The molecule has 0 radical (unpaired) electrons. The molecule has 2 rings (SSSR count). The van der Waals surface area contributed by atoms with Gasteiger partial charge in [-0.05, 0) is 18.9 Å². The lowest BCUT2D eigenvalue weighted by Crippen LogP contribution is -2.49. The van der Waals surface area contributed by atoms with E-state index in [9.17, 15) is 4.79 Å². The van der Waals surface area contributed by atoms with E-state index in [-0.39, 0.29) is 29.9 Å². The number of hydrogen-bond donors (Lipinski definition) is 3. The Bertz CT molecular complexity index is 630. The molecule has 0 aromatic heterocycles. The third kappa shape index (κ3) is 8.17. The molecule has 1 amide bonds. The highest BCUT2D eigenvalue weighted by molar-refractivity contribution is 14.0. The molecular weight excluding hydrogens is 457 g/mol. The number of nitrogens with zero attached hydrogens (tertiary/aromatic N) is 2. The van der Waals surface area contributed by atoms with Crippen LogP contribution in [0.4, 0.5) is 0 Å². The van der Waals surface area contributed by atoms with Gasteiger partial charge >= 0.3 is 0 Å². The fourth-order valence-electron chi connectivity index (χ4n) is 2.96. The second-order valence-corrected chi connectivity index (χ2v) is 6.29. The number of nitrogens with two attached hydrogens (primary N) is 1. The first kappa shape index (κ1) is 23.2. The molecule has 0 unspecified atom stereocenters. The van der Waals surface area contributed by atoms with Crippen LogP contribution in [0.5, 0.6) is 5.75 Å². The lowest BCUT2D eigenvalue weighted by molar-refractivity contribution is -0.119. The summed E-state index contributed by atoms with van der Waals surface area (Å²) in [5.74, 6) is 1.33. The van der Waals surface area contributed by atoms with Gasteiger partial charge in [0, 0.05) is 38.3 Å². The van der Waals surface area contributed by atoms with E-state index in [0.717, 1.165) is 43.2 Å². The van der Waals surface area contributed by atoms with Gasteiger partial charge in [-0.25, -0.2) is 0 Å². The summed E-state index contributed by atoms with van der Waals surface area (Å²) in [4.78, 5) is 17.4. The number of carbonyl (C=O) groups is 1. The molecule has 0 saturated carbocycles. The van der Waals surface area contributed by atoms with Crippen molar-refractivity contribution in [2.45, 2.75) is 25.4 Å². The fourth-order valence-corrected chi connectivity index (χ4v) is 2.96. The summed E-state index contributed by atoms with van der Waals surface area (Å²) in [7, 11) is 1.76. The molecule has 1 fully saturated rings. The number of likely N-dealkylation sites (tertiary alicyclic amines) is 1. The number of amides is 1. The molecule has 1 saturated heterocycles. The zero-order valence-electron chi connectivity index (χ0n) is 15.8. The lowest BCUT2D eigenvalue weighted by atomic mass is 10.1. The van der Waals surface area contributed by atoms with E-state index >= 15 is 0 Å². The third-order valence-corrected chi connectivity index (χ3v) is 4.31. The highest BCUT2D eigenvalue weighted by Gasteiger charge is 2.20. The van der Waals surface area contributed by atoms with E-state index in [0.29, 0.717) is 25.7 Å². The van der Waals surface area contributed by atoms with Crippen LogP contribution in [0.25, 0.3) is 0 Å². The third-order valence-electron chi connectivity index (χ3n) is 4.31. The maximum Gasteiger partial charge on any atom is 0.231 e. The van der Waals surface area contributed by atoms with E-state index in [1.807, 2.05) is 24.3 Å². The number of benzene rings is 1. The minimum atomic E-state index is -0.272. The Morgan fingerprint density at radius 1 is 1.41 bits per heavy atom. The molecule has 1 aromatic rings. The maximum atomic E-state index is 11.0. The average Bonchev–Trinajstić information content (AvgIpc) is 2.65. The van der Waals surface area contributed by atoms with Crippen molar-refractivity contribution in [3.8, 4) is 5.75 Å². The summed E-state index contributed by atoms with van der Waals surface area (Å²) in [5.41, 5.74) is 6.32. The van der Waals surface area contributed by atoms with Crippen molar-refractivity contribution in [1.82, 2.24) is 15.5 Å². The number of ether oxygens (including phenoxy) is 1. The van der Waals surface area contributed by atoms with Gasteiger partial charge in [-0.2, -0.15) is 0 Å². The molecule has 0 spiro atoms. The molecule has 7 nitrogen and oxygen atoms in total. The standard InChI is InChI=1S/C19H29N5O2.HI/c1-3-12-26-17-7-5-4-6-15(17)13-22-19(21-2)23-16-8-10-24(11-9-16)14-18(20)25;/h3-7,16H,1,8-14H2,2H3,(H2,20,25)(H2,21,22,23);1H. The molecule has 1 heterocycles. The molecule has 0 aliphatic carbocycles. The lowest BCUT2D eigenvalue weighted by Gasteiger charge is -2.32. The van der Waals surface area contributed by atoms with Gasteiger partial charge in [0.1, 0.15) is 12.4 Å². The van der Waals surface area contributed by atoms with Gasteiger partial charge in [-0.3, -0.25) is 14.7 Å². The van der Waals surface area contributed by atoms with Crippen molar-refractivity contribution in [2.75, 3.05) is 33.3 Å². The van der Waals surface area contributed by atoms with Crippen LogP contribution < -0.4 is 21.1 Å². The van der Waals surface area contributed by atoms with Gasteiger partial charge in [0.2, 0.25) is 5.91 Å². The number of para-hydroxylation sites is 1. The predicted octanol–water partition coefficient (Wildman–Crippen LogP) is 1.48. The smallest absolute Gasteiger partial charge is 0.231 e. The van der Waals surface area contributed by atoms with Crippen molar-refractivity contribution in [3.63, 3.8) is 0 Å². The Hall–Kier alpha value is -1.81. The highest BCUT2D eigenvalue weighted by atomic mass is 127. The monoisotopic (exact) mass is 487 g/mol. The van der Waals surface area contributed by atoms with Crippen molar-refractivity contribution in [1.29, 1.82) is 0 Å². The first-order valence-electron chi connectivity index (χ1n) is 8.91. The second kappa shape index (κ2) is 12.6. The minimum Gasteiger partial charge on any atom is -0.489 e. The van der Waals surface area contributed by atoms with E-state index in [1.54, 1.807) is 13.1 Å². The molecule has 0 bridgehead atoms. The van der Waals surface area contributed by atoms with E-state index in [4.69, 9.17) is 10.5 Å². The first-order valence-corrected chi connectivity index (χ1v) is 8.91. The molecule has 27 heavy (non-hydrogen) atoms.